The monoisotopic (exact) mass is 501 g/mol. The number of carbonyl (C=O) groups excluding carboxylic acids is 1. The summed E-state index contributed by atoms with van der Waals surface area (Å²) in [6.07, 6.45) is 0.496. The summed E-state index contributed by atoms with van der Waals surface area (Å²) in [5.74, 6) is 0.888. The molecule has 0 aliphatic carbocycles. The number of ether oxygens (including phenoxy) is 2. The summed E-state index contributed by atoms with van der Waals surface area (Å²) >= 11 is 13.2. The number of thiocarbonyl (C=S) groups is 1. The lowest BCUT2D eigenvalue weighted by molar-refractivity contribution is -0.126. The molecule has 3 aromatic rings. The van der Waals surface area contributed by atoms with E-state index in [0.29, 0.717) is 33.6 Å². The van der Waals surface area contributed by atoms with E-state index in [-0.39, 0.29) is 23.6 Å². The lowest BCUT2D eigenvalue weighted by Gasteiger charge is -2.16. The molecular formula is C25H21ClFNO3S2. The van der Waals surface area contributed by atoms with E-state index in [1.54, 1.807) is 42.3 Å². The average Bonchev–Trinajstić information content (AvgIpc) is 3.07. The maximum absolute atomic E-state index is 13.8. The van der Waals surface area contributed by atoms with Crippen molar-refractivity contribution < 1.29 is 18.7 Å². The van der Waals surface area contributed by atoms with Crippen molar-refractivity contribution in [1.82, 2.24) is 4.90 Å². The van der Waals surface area contributed by atoms with Crippen LogP contribution in [0.5, 0.6) is 11.5 Å². The van der Waals surface area contributed by atoms with Crippen LogP contribution < -0.4 is 9.47 Å². The van der Waals surface area contributed by atoms with E-state index in [0.717, 1.165) is 16.9 Å². The summed E-state index contributed by atoms with van der Waals surface area (Å²) in [5.41, 5.74) is 2.33. The molecule has 0 N–H and O–H groups in total. The van der Waals surface area contributed by atoms with Gasteiger partial charge in [0.05, 0.1) is 23.9 Å². The molecule has 1 amide bonds. The lowest BCUT2D eigenvalue weighted by Crippen LogP contribution is -2.31. The van der Waals surface area contributed by atoms with Gasteiger partial charge in [0.15, 0.2) is 0 Å². The van der Waals surface area contributed by atoms with Gasteiger partial charge in [-0.15, -0.1) is 0 Å². The molecule has 8 heteroatoms. The van der Waals surface area contributed by atoms with Crippen LogP contribution in [-0.2, 0) is 24.4 Å². The highest BCUT2D eigenvalue weighted by atomic mass is 35.5. The topological polar surface area (TPSA) is 38.8 Å². The van der Waals surface area contributed by atoms with Crippen molar-refractivity contribution in [2.24, 2.45) is 0 Å². The number of hydrogen-bond acceptors (Lipinski definition) is 5. The van der Waals surface area contributed by atoms with Gasteiger partial charge in [-0.25, -0.2) is 4.39 Å². The van der Waals surface area contributed by atoms with Gasteiger partial charge in [-0.2, -0.15) is 0 Å². The Hall–Kier alpha value is -2.61. The largest absolute Gasteiger partial charge is 0.497 e. The van der Waals surface area contributed by atoms with E-state index >= 15 is 0 Å². The SMILES string of the molecule is COc1ccc(CN2C(=O)[C@@H](Cc3ccc(OCc4ccccc4F)c(Cl)c3)SC2=S)cc1. The van der Waals surface area contributed by atoms with Crippen molar-refractivity contribution in [3.05, 3.63) is 94.3 Å². The van der Waals surface area contributed by atoms with E-state index in [1.165, 1.54) is 17.8 Å². The Bertz CT molecular complexity index is 1170. The van der Waals surface area contributed by atoms with Gasteiger partial charge in [-0.3, -0.25) is 9.69 Å². The minimum absolute atomic E-state index is 0.0168. The van der Waals surface area contributed by atoms with Crippen molar-refractivity contribution in [3.63, 3.8) is 0 Å². The molecule has 1 saturated heterocycles. The van der Waals surface area contributed by atoms with E-state index in [1.807, 2.05) is 30.3 Å². The number of amides is 1. The van der Waals surface area contributed by atoms with Crippen LogP contribution in [0.15, 0.2) is 66.7 Å². The number of rotatable bonds is 8. The average molecular weight is 502 g/mol. The molecule has 4 nitrogen and oxygen atoms in total. The molecule has 3 aromatic carbocycles. The second-order valence-corrected chi connectivity index (χ2v) is 9.74. The van der Waals surface area contributed by atoms with Gasteiger partial charge in [0, 0.05) is 5.56 Å². The number of thioether (sulfide) groups is 1. The van der Waals surface area contributed by atoms with Crippen LogP contribution in [-0.4, -0.2) is 27.5 Å². The van der Waals surface area contributed by atoms with Gasteiger partial charge in [0.25, 0.3) is 0 Å². The van der Waals surface area contributed by atoms with Crippen LogP contribution in [0.1, 0.15) is 16.7 Å². The Morgan fingerprint density at radius 1 is 1.09 bits per heavy atom. The molecule has 33 heavy (non-hydrogen) atoms. The third-order valence-corrected chi connectivity index (χ3v) is 7.14. The summed E-state index contributed by atoms with van der Waals surface area (Å²) in [6, 6.07) is 19.4. The molecule has 1 aliphatic heterocycles. The fraction of sp³-hybridized carbons (Fsp3) is 0.200. The molecule has 170 valence electrons. The maximum atomic E-state index is 13.8. The minimum atomic E-state index is -0.322. The predicted molar refractivity (Wildman–Crippen MR) is 133 cm³/mol. The molecule has 1 fully saturated rings. The lowest BCUT2D eigenvalue weighted by atomic mass is 10.1. The van der Waals surface area contributed by atoms with Crippen molar-refractivity contribution in [2.75, 3.05) is 7.11 Å². The fourth-order valence-corrected chi connectivity index (χ4v) is 5.25. The smallest absolute Gasteiger partial charge is 0.242 e. The molecule has 4 rings (SSSR count). The summed E-state index contributed by atoms with van der Waals surface area (Å²) in [7, 11) is 1.61. The number of nitrogens with zero attached hydrogens (tertiary/aromatic N) is 1. The van der Waals surface area contributed by atoms with Gasteiger partial charge >= 0.3 is 0 Å². The van der Waals surface area contributed by atoms with E-state index in [4.69, 9.17) is 33.3 Å². The zero-order valence-corrected chi connectivity index (χ0v) is 20.2. The molecule has 1 atom stereocenters. The molecule has 1 heterocycles. The van der Waals surface area contributed by atoms with Crippen LogP contribution in [0, 0.1) is 5.82 Å². The van der Waals surface area contributed by atoms with Gasteiger partial charge in [-0.1, -0.05) is 72.0 Å². The predicted octanol–water partition coefficient (Wildman–Crippen LogP) is 6.04. The van der Waals surface area contributed by atoms with E-state index in [2.05, 4.69) is 0 Å². The van der Waals surface area contributed by atoms with Crippen LogP contribution in [0.3, 0.4) is 0 Å². The van der Waals surface area contributed by atoms with Crippen LogP contribution >= 0.6 is 35.6 Å². The molecule has 0 spiro atoms. The van der Waals surface area contributed by atoms with Gasteiger partial charge < -0.3 is 9.47 Å². The number of halogens is 2. The van der Waals surface area contributed by atoms with Gasteiger partial charge in [-0.05, 0) is 47.9 Å². The summed E-state index contributed by atoms with van der Waals surface area (Å²) in [6.45, 7) is 0.506. The first-order valence-corrected chi connectivity index (χ1v) is 11.9. The Morgan fingerprint density at radius 2 is 1.82 bits per heavy atom. The first-order chi connectivity index (χ1) is 15.9. The highest BCUT2D eigenvalue weighted by molar-refractivity contribution is 8.24. The Kier molecular flexibility index (Phi) is 7.53. The second kappa shape index (κ2) is 10.5. The maximum Gasteiger partial charge on any atom is 0.242 e. The van der Waals surface area contributed by atoms with Crippen LogP contribution in [0.4, 0.5) is 4.39 Å². The molecule has 0 radical (unpaired) electrons. The first-order valence-electron chi connectivity index (χ1n) is 10.2. The van der Waals surface area contributed by atoms with E-state index < -0.39 is 0 Å². The molecule has 0 bridgehead atoms. The second-order valence-electron chi connectivity index (χ2n) is 7.49. The fourth-order valence-electron chi connectivity index (χ4n) is 3.46. The molecule has 1 aliphatic rings. The quantitative estimate of drug-likeness (QED) is 0.352. The Balaban J connectivity index is 1.38. The zero-order valence-electron chi connectivity index (χ0n) is 17.8. The van der Waals surface area contributed by atoms with Gasteiger partial charge in [0.2, 0.25) is 5.91 Å². The zero-order chi connectivity index (χ0) is 23.4. The van der Waals surface area contributed by atoms with E-state index in [9.17, 15) is 9.18 Å². The number of methoxy groups -OCH3 is 1. The molecule has 0 unspecified atom stereocenters. The van der Waals surface area contributed by atoms with Gasteiger partial charge in [0.1, 0.15) is 28.2 Å². The summed E-state index contributed by atoms with van der Waals surface area (Å²) in [5, 5.41) is 0.106. The number of hydrogen-bond donors (Lipinski definition) is 0. The van der Waals surface area contributed by atoms with Crippen molar-refractivity contribution in [1.29, 1.82) is 0 Å². The Morgan fingerprint density at radius 3 is 2.52 bits per heavy atom. The normalized spacial score (nSPS) is 15.7. The number of carbonyl (C=O) groups is 1. The van der Waals surface area contributed by atoms with Crippen LogP contribution in [0.25, 0.3) is 0 Å². The molecular weight excluding hydrogens is 481 g/mol. The summed E-state index contributed by atoms with van der Waals surface area (Å²) < 4.78 is 25.2. The van der Waals surface area contributed by atoms with Crippen LogP contribution in [0.2, 0.25) is 5.02 Å². The van der Waals surface area contributed by atoms with Crippen molar-refractivity contribution in [2.45, 2.75) is 24.8 Å². The highest BCUT2D eigenvalue weighted by Gasteiger charge is 2.36. The summed E-state index contributed by atoms with van der Waals surface area (Å²) in [4.78, 5) is 14.6. The van der Waals surface area contributed by atoms with Crippen molar-refractivity contribution >= 4 is 45.8 Å². The van der Waals surface area contributed by atoms with Crippen molar-refractivity contribution in [3.8, 4) is 11.5 Å². The Labute approximate surface area is 206 Å². The third-order valence-electron chi connectivity index (χ3n) is 5.26. The molecule has 0 saturated carbocycles. The highest BCUT2D eigenvalue weighted by Crippen LogP contribution is 2.33. The minimum Gasteiger partial charge on any atom is -0.497 e. The first kappa shape index (κ1) is 23.5. The number of benzene rings is 3. The standard InChI is InChI=1S/C25H21ClFNO3S2/c1-30-19-9-6-16(7-10-19)14-28-24(29)23(33-25(28)32)13-17-8-11-22(20(26)12-17)31-15-18-4-2-3-5-21(18)27/h2-12,23H,13-15H2,1H3/t23-/m1/s1. The molecule has 0 aromatic heterocycles. The third kappa shape index (κ3) is 5.66.